The lowest BCUT2D eigenvalue weighted by Crippen LogP contribution is -2.46. The van der Waals surface area contributed by atoms with Crippen molar-refractivity contribution in [3.05, 3.63) is 10.1 Å². The average Bonchev–Trinajstić information content (AvgIpc) is 2.78. The van der Waals surface area contributed by atoms with Crippen LogP contribution < -0.4 is 0 Å². The van der Waals surface area contributed by atoms with E-state index in [2.05, 4.69) is 0 Å². The predicted molar refractivity (Wildman–Crippen MR) is 68.1 cm³/mol. The highest BCUT2D eigenvalue weighted by Crippen LogP contribution is 2.77. The fourth-order valence-electron chi connectivity index (χ4n) is 2.99. The summed E-state index contributed by atoms with van der Waals surface area (Å²) < 4.78 is 3.98. The molecule has 1 aliphatic heterocycles. The molecule has 7 heteroatoms. The summed E-state index contributed by atoms with van der Waals surface area (Å²) in [6.07, 6.45) is 0. The van der Waals surface area contributed by atoms with Gasteiger partial charge >= 0.3 is 0 Å². The standard InChI is InChI=1S/C9H6Cl6O/c10-5-6(11)8(13)4-2-16-1-3(4)7(5,12)9(8,14)15/h3-4H,1-2H2/t3-,4+,7-,8-/m0/s1. The Morgan fingerprint density at radius 3 is 1.62 bits per heavy atom. The Bertz CT molecular complexity index is 373. The molecule has 0 aromatic carbocycles. The molecule has 0 radical (unpaired) electrons. The summed E-state index contributed by atoms with van der Waals surface area (Å²) in [6, 6.07) is 0. The van der Waals surface area contributed by atoms with E-state index in [4.69, 9.17) is 74.3 Å². The van der Waals surface area contributed by atoms with Crippen molar-refractivity contribution >= 4 is 69.6 Å². The lowest BCUT2D eigenvalue weighted by Gasteiger charge is -2.33. The van der Waals surface area contributed by atoms with Crippen LogP contribution in [-0.2, 0) is 4.74 Å². The van der Waals surface area contributed by atoms with E-state index in [1.807, 2.05) is 0 Å². The third-order valence-electron chi connectivity index (χ3n) is 3.85. The molecule has 16 heavy (non-hydrogen) atoms. The largest absolute Gasteiger partial charge is 0.381 e. The lowest BCUT2D eigenvalue weighted by atomic mass is 9.85. The summed E-state index contributed by atoms with van der Waals surface area (Å²) in [4.78, 5) is -2.28. The number of halogens is 6. The number of alkyl halides is 4. The molecule has 90 valence electrons. The molecule has 0 N–H and O–H groups in total. The zero-order valence-electron chi connectivity index (χ0n) is 7.74. The number of ether oxygens (including phenoxy) is 1. The van der Waals surface area contributed by atoms with E-state index in [-0.39, 0.29) is 21.9 Å². The van der Waals surface area contributed by atoms with Gasteiger partial charge in [-0.05, 0) is 0 Å². The molecular formula is C9H6Cl6O. The molecule has 0 aromatic heterocycles. The van der Waals surface area contributed by atoms with Crippen LogP contribution >= 0.6 is 69.6 Å². The molecule has 2 aliphatic carbocycles. The molecule has 0 spiro atoms. The van der Waals surface area contributed by atoms with Gasteiger partial charge in [0.05, 0.1) is 23.3 Å². The summed E-state index contributed by atoms with van der Waals surface area (Å²) in [7, 11) is 0. The monoisotopic (exact) mass is 340 g/mol. The van der Waals surface area contributed by atoms with Crippen molar-refractivity contribution in [3.63, 3.8) is 0 Å². The van der Waals surface area contributed by atoms with Crippen LogP contribution in [0.1, 0.15) is 0 Å². The lowest BCUT2D eigenvalue weighted by molar-refractivity contribution is 0.167. The van der Waals surface area contributed by atoms with Crippen LogP contribution in [0.4, 0.5) is 0 Å². The van der Waals surface area contributed by atoms with Gasteiger partial charge in [-0.2, -0.15) is 0 Å². The van der Waals surface area contributed by atoms with Gasteiger partial charge in [0, 0.05) is 11.8 Å². The van der Waals surface area contributed by atoms with Crippen LogP contribution in [0.5, 0.6) is 0 Å². The minimum absolute atomic E-state index is 0.100. The van der Waals surface area contributed by atoms with Gasteiger partial charge in [-0.15, -0.1) is 23.2 Å². The summed E-state index contributed by atoms with van der Waals surface area (Å²) in [5.41, 5.74) is 0. The maximum Gasteiger partial charge on any atom is 0.167 e. The van der Waals surface area contributed by atoms with Gasteiger partial charge in [0.15, 0.2) is 4.33 Å². The van der Waals surface area contributed by atoms with E-state index in [0.717, 1.165) is 0 Å². The molecule has 1 heterocycles. The van der Waals surface area contributed by atoms with Crippen molar-refractivity contribution in [3.8, 4) is 0 Å². The molecule has 3 aliphatic rings. The molecule has 4 atom stereocenters. The second kappa shape index (κ2) is 3.30. The van der Waals surface area contributed by atoms with Crippen molar-refractivity contribution in [1.29, 1.82) is 0 Å². The minimum atomic E-state index is -1.41. The Kier molecular flexibility index (Phi) is 2.58. The normalized spacial score (nSPS) is 53.6. The highest BCUT2D eigenvalue weighted by atomic mass is 35.5. The first kappa shape index (κ1) is 12.5. The first-order chi connectivity index (χ1) is 7.29. The molecule has 0 unspecified atom stereocenters. The maximum atomic E-state index is 6.52. The third-order valence-corrected chi connectivity index (χ3v) is 8.20. The fraction of sp³-hybridized carbons (Fsp3) is 0.778. The van der Waals surface area contributed by atoms with Crippen LogP contribution in [0.25, 0.3) is 0 Å². The third kappa shape index (κ3) is 0.976. The topological polar surface area (TPSA) is 9.23 Å². The van der Waals surface area contributed by atoms with Gasteiger partial charge in [-0.3, -0.25) is 0 Å². The van der Waals surface area contributed by atoms with E-state index in [1.54, 1.807) is 0 Å². The van der Waals surface area contributed by atoms with Gasteiger partial charge < -0.3 is 4.74 Å². The molecular weight excluding hydrogens is 337 g/mol. The zero-order valence-corrected chi connectivity index (χ0v) is 12.3. The first-order valence-corrected chi connectivity index (χ1v) is 6.96. The number of rotatable bonds is 0. The smallest absolute Gasteiger partial charge is 0.167 e. The molecule has 1 nitrogen and oxygen atoms in total. The van der Waals surface area contributed by atoms with E-state index in [9.17, 15) is 0 Å². The van der Waals surface area contributed by atoms with E-state index >= 15 is 0 Å². The number of fused-ring (bicyclic) bond motifs is 5. The van der Waals surface area contributed by atoms with Crippen LogP contribution in [0, 0.1) is 11.8 Å². The average molecular weight is 343 g/mol. The van der Waals surface area contributed by atoms with Gasteiger partial charge in [0.2, 0.25) is 0 Å². The van der Waals surface area contributed by atoms with Crippen molar-refractivity contribution < 1.29 is 4.74 Å². The maximum absolute atomic E-state index is 6.52. The Morgan fingerprint density at radius 2 is 1.25 bits per heavy atom. The van der Waals surface area contributed by atoms with Gasteiger partial charge in [-0.25, -0.2) is 0 Å². The SMILES string of the molecule is ClC1=C(Cl)[C@@]2(Cl)[C@H]3COC[C@H]3[C@@]1(Cl)C2(Cl)Cl. The highest BCUT2D eigenvalue weighted by Gasteiger charge is 2.83. The van der Waals surface area contributed by atoms with Gasteiger partial charge in [-0.1, -0.05) is 46.4 Å². The van der Waals surface area contributed by atoms with Crippen LogP contribution in [-0.4, -0.2) is 27.3 Å². The van der Waals surface area contributed by atoms with Crippen molar-refractivity contribution in [1.82, 2.24) is 0 Å². The molecule has 1 saturated carbocycles. The second-order valence-corrected chi connectivity index (χ2v) is 7.65. The minimum Gasteiger partial charge on any atom is -0.381 e. The summed E-state index contributed by atoms with van der Waals surface area (Å²) in [5.74, 6) is -0.201. The van der Waals surface area contributed by atoms with Crippen molar-refractivity contribution in [2.45, 2.75) is 14.1 Å². The molecule has 0 aromatic rings. The fourth-order valence-corrected chi connectivity index (χ4v) is 6.05. The highest BCUT2D eigenvalue weighted by molar-refractivity contribution is 6.65. The predicted octanol–water partition coefficient (Wildman–Crippen LogP) is 4.09. The second-order valence-electron chi connectivity index (χ2n) is 4.38. The van der Waals surface area contributed by atoms with Crippen LogP contribution in [0.3, 0.4) is 0 Å². The molecule has 0 amide bonds. The molecule has 1 saturated heterocycles. The summed E-state index contributed by atoms with van der Waals surface area (Å²) >= 11 is 38.0. The molecule has 3 rings (SSSR count). The number of hydrogen-bond donors (Lipinski definition) is 0. The summed E-state index contributed by atoms with van der Waals surface area (Å²) in [6.45, 7) is 0.897. The van der Waals surface area contributed by atoms with Gasteiger partial charge in [0.1, 0.15) is 9.75 Å². The van der Waals surface area contributed by atoms with Crippen LogP contribution in [0.15, 0.2) is 10.1 Å². The Hall–Kier alpha value is 1.44. The van der Waals surface area contributed by atoms with Crippen molar-refractivity contribution in [2.24, 2.45) is 11.8 Å². The summed E-state index contributed by atoms with van der Waals surface area (Å²) in [5, 5.41) is 0.505. The number of hydrogen-bond acceptors (Lipinski definition) is 1. The van der Waals surface area contributed by atoms with E-state index in [1.165, 1.54) is 0 Å². The Labute approximate surface area is 123 Å². The van der Waals surface area contributed by atoms with Crippen molar-refractivity contribution in [2.75, 3.05) is 13.2 Å². The zero-order chi connectivity index (χ0) is 11.9. The molecule has 2 fully saturated rings. The first-order valence-electron chi connectivity index (χ1n) is 4.69. The van der Waals surface area contributed by atoms with Gasteiger partial charge in [0.25, 0.3) is 0 Å². The number of allylic oxidation sites excluding steroid dienone is 2. The van der Waals surface area contributed by atoms with E-state index in [0.29, 0.717) is 13.2 Å². The Balaban J connectivity index is 2.29. The quantitative estimate of drug-likeness (QED) is 0.602. The Morgan fingerprint density at radius 1 is 0.875 bits per heavy atom. The van der Waals surface area contributed by atoms with E-state index < -0.39 is 14.1 Å². The molecule has 2 bridgehead atoms. The van der Waals surface area contributed by atoms with Crippen LogP contribution in [0.2, 0.25) is 0 Å².